The predicted octanol–water partition coefficient (Wildman–Crippen LogP) is 4.27. The second-order valence-electron chi connectivity index (χ2n) is 8.13. The van der Waals surface area contributed by atoms with Gasteiger partial charge < -0.3 is 15.0 Å². The maximum atomic E-state index is 15.2. The van der Waals surface area contributed by atoms with Crippen molar-refractivity contribution in [3.8, 4) is 5.75 Å². The zero-order valence-electron chi connectivity index (χ0n) is 18.6. The minimum Gasteiger partial charge on any atom is -0.486 e. The molecule has 0 radical (unpaired) electrons. The molecule has 0 unspecified atom stereocenters. The molecule has 1 N–H and O–H groups in total. The van der Waals surface area contributed by atoms with E-state index in [1.165, 1.54) is 12.1 Å². The number of halogens is 3. The van der Waals surface area contributed by atoms with Gasteiger partial charge in [-0.2, -0.15) is 0 Å². The lowest BCUT2D eigenvalue weighted by molar-refractivity contribution is 0.102. The maximum Gasteiger partial charge on any atom is 0.199 e. The molecule has 3 aromatic carbocycles. The Morgan fingerprint density at radius 2 is 1.74 bits per heavy atom. The number of carbonyl (C=O) groups excluding carboxylic acids is 1. The molecule has 0 bridgehead atoms. The number of hydrogen-bond donors (Lipinski definition) is 1. The lowest BCUT2D eigenvalue weighted by Gasteiger charge is -2.28. The van der Waals surface area contributed by atoms with Crippen molar-refractivity contribution in [2.45, 2.75) is 6.61 Å². The number of fused-ring (bicyclic) bond motifs is 1. The quantitative estimate of drug-likeness (QED) is 0.330. The number of nitrogens with zero attached hydrogens (tertiary/aromatic N) is 3. The summed E-state index contributed by atoms with van der Waals surface area (Å²) in [5, 5.41) is 3.26. The van der Waals surface area contributed by atoms with Crippen LogP contribution in [0.15, 0.2) is 60.8 Å². The highest BCUT2D eigenvalue weighted by Gasteiger charge is 2.27. The third kappa shape index (κ3) is 4.67. The van der Waals surface area contributed by atoms with Crippen LogP contribution in [-0.2, 0) is 6.61 Å². The van der Waals surface area contributed by atoms with Crippen molar-refractivity contribution in [2.24, 2.45) is 0 Å². The lowest BCUT2D eigenvalue weighted by Crippen LogP contribution is -2.43. The molecule has 0 saturated carbocycles. The van der Waals surface area contributed by atoms with E-state index in [9.17, 15) is 13.6 Å². The molecule has 2 heterocycles. The van der Waals surface area contributed by atoms with Crippen molar-refractivity contribution < 1.29 is 22.7 Å². The largest absolute Gasteiger partial charge is 0.486 e. The van der Waals surface area contributed by atoms with Gasteiger partial charge in [-0.05, 0) is 23.8 Å². The molecule has 1 aromatic heterocycles. The molecule has 9 heteroatoms. The first-order chi connectivity index (χ1) is 17.0. The molecule has 1 saturated heterocycles. The van der Waals surface area contributed by atoms with E-state index in [0.717, 1.165) is 26.2 Å². The Balaban J connectivity index is 1.47. The van der Waals surface area contributed by atoms with E-state index >= 15 is 4.39 Å². The van der Waals surface area contributed by atoms with Crippen LogP contribution in [0.3, 0.4) is 0 Å². The van der Waals surface area contributed by atoms with Crippen LogP contribution in [0.4, 0.5) is 19.0 Å². The van der Waals surface area contributed by atoms with Gasteiger partial charge in [-0.25, -0.2) is 18.2 Å². The average molecular weight is 478 g/mol. The van der Waals surface area contributed by atoms with E-state index in [4.69, 9.17) is 4.74 Å². The van der Waals surface area contributed by atoms with Crippen molar-refractivity contribution in [3.63, 3.8) is 0 Å². The van der Waals surface area contributed by atoms with Crippen molar-refractivity contribution in [1.29, 1.82) is 0 Å². The molecule has 0 spiro atoms. The maximum absolute atomic E-state index is 15.2. The monoisotopic (exact) mass is 478 g/mol. The zero-order valence-corrected chi connectivity index (χ0v) is 18.6. The van der Waals surface area contributed by atoms with Gasteiger partial charge in [0, 0.05) is 37.8 Å². The van der Waals surface area contributed by atoms with Crippen LogP contribution in [-0.4, -0.2) is 41.9 Å². The molecule has 0 aliphatic carbocycles. The van der Waals surface area contributed by atoms with Gasteiger partial charge in [0.2, 0.25) is 0 Å². The van der Waals surface area contributed by atoms with Gasteiger partial charge in [0.25, 0.3) is 0 Å². The number of benzene rings is 3. The highest BCUT2D eigenvalue weighted by Crippen LogP contribution is 2.29. The molecule has 6 nitrogen and oxygen atoms in total. The molecular formula is C26H21F3N4O2. The van der Waals surface area contributed by atoms with E-state index in [0.29, 0.717) is 28.5 Å². The molecule has 178 valence electrons. The van der Waals surface area contributed by atoms with Crippen LogP contribution < -0.4 is 15.0 Å². The van der Waals surface area contributed by atoms with Crippen LogP contribution >= 0.6 is 0 Å². The van der Waals surface area contributed by atoms with E-state index in [2.05, 4.69) is 20.2 Å². The Hall–Kier alpha value is -3.98. The Morgan fingerprint density at radius 3 is 2.51 bits per heavy atom. The fraction of sp³-hybridized carbons (Fsp3) is 0.192. The van der Waals surface area contributed by atoms with Crippen LogP contribution in [0.1, 0.15) is 21.5 Å². The summed E-state index contributed by atoms with van der Waals surface area (Å²) in [6, 6.07) is 13.8. The molecule has 1 aliphatic rings. The number of ketones is 1. The van der Waals surface area contributed by atoms with Crippen LogP contribution in [0, 0.1) is 17.5 Å². The van der Waals surface area contributed by atoms with E-state index in [1.807, 2.05) is 0 Å². The van der Waals surface area contributed by atoms with Crippen molar-refractivity contribution in [3.05, 3.63) is 94.9 Å². The van der Waals surface area contributed by atoms with Gasteiger partial charge in [-0.3, -0.25) is 9.78 Å². The Kier molecular flexibility index (Phi) is 6.33. The highest BCUT2D eigenvalue weighted by molar-refractivity contribution is 6.10. The summed E-state index contributed by atoms with van der Waals surface area (Å²) < 4.78 is 49.5. The first kappa shape index (κ1) is 22.8. The van der Waals surface area contributed by atoms with Gasteiger partial charge in [-0.15, -0.1) is 0 Å². The topological polar surface area (TPSA) is 67.4 Å². The first-order valence-corrected chi connectivity index (χ1v) is 11.1. The number of rotatable bonds is 6. The smallest absolute Gasteiger partial charge is 0.199 e. The Labute approximate surface area is 199 Å². The number of aromatic nitrogens is 2. The summed E-state index contributed by atoms with van der Waals surface area (Å²) in [7, 11) is 0. The highest BCUT2D eigenvalue weighted by atomic mass is 19.2. The number of ether oxygens (including phenoxy) is 1. The fourth-order valence-electron chi connectivity index (χ4n) is 3.95. The molecule has 5 rings (SSSR count). The number of nitrogens with one attached hydrogen (secondary N) is 1. The van der Waals surface area contributed by atoms with Gasteiger partial charge in [-0.1, -0.05) is 30.3 Å². The molecule has 0 atom stereocenters. The third-order valence-corrected chi connectivity index (χ3v) is 5.82. The molecule has 1 aliphatic heterocycles. The Morgan fingerprint density at radius 1 is 0.971 bits per heavy atom. The van der Waals surface area contributed by atoms with E-state index in [1.54, 1.807) is 42.6 Å². The molecule has 4 aromatic rings. The van der Waals surface area contributed by atoms with Gasteiger partial charge in [0.15, 0.2) is 29.0 Å². The van der Waals surface area contributed by atoms with Crippen molar-refractivity contribution in [2.75, 3.05) is 31.1 Å². The van der Waals surface area contributed by atoms with Gasteiger partial charge in [0.1, 0.15) is 18.0 Å². The normalized spacial score (nSPS) is 13.7. The average Bonchev–Trinajstić information content (AvgIpc) is 2.90. The molecular weight excluding hydrogens is 457 g/mol. The molecule has 0 amide bonds. The summed E-state index contributed by atoms with van der Waals surface area (Å²) in [6.07, 6.45) is 1.65. The van der Waals surface area contributed by atoms with Crippen LogP contribution in [0.25, 0.3) is 11.0 Å². The number of carbonyl (C=O) groups is 1. The lowest BCUT2D eigenvalue weighted by atomic mass is 10.0. The standard InChI is InChI=1S/C26H21F3N4O2/c27-18-13-21(35-15-16-4-2-1-3-5-16)25(29)23(24(18)28)26(34)17-6-7-19-20(12-17)32-22(14-31-19)33-10-8-30-9-11-33/h1-7,12-14,30H,8-11,15H2. The third-order valence-electron chi connectivity index (χ3n) is 5.82. The minimum absolute atomic E-state index is 0.0401. The molecule has 1 fully saturated rings. The number of anilines is 1. The first-order valence-electron chi connectivity index (χ1n) is 11.1. The van der Waals surface area contributed by atoms with Crippen LogP contribution in [0.2, 0.25) is 0 Å². The zero-order chi connectivity index (χ0) is 24.4. The fourth-order valence-corrected chi connectivity index (χ4v) is 3.95. The summed E-state index contributed by atoms with van der Waals surface area (Å²) in [6.45, 7) is 3.06. The summed E-state index contributed by atoms with van der Waals surface area (Å²) in [4.78, 5) is 24.1. The van der Waals surface area contributed by atoms with Gasteiger partial charge in [0.05, 0.1) is 17.2 Å². The number of piperazine rings is 1. The number of hydrogen-bond acceptors (Lipinski definition) is 6. The molecule has 35 heavy (non-hydrogen) atoms. The SMILES string of the molecule is O=C(c1ccc2ncc(N3CCNCC3)nc2c1)c1c(F)c(F)cc(OCc2ccccc2)c1F. The van der Waals surface area contributed by atoms with Crippen LogP contribution in [0.5, 0.6) is 5.75 Å². The van der Waals surface area contributed by atoms with Gasteiger partial charge >= 0.3 is 0 Å². The summed E-state index contributed by atoms with van der Waals surface area (Å²) >= 11 is 0. The second-order valence-corrected chi connectivity index (χ2v) is 8.13. The summed E-state index contributed by atoms with van der Waals surface area (Å²) in [5.74, 6) is -5.12. The van der Waals surface area contributed by atoms with Crippen molar-refractivity contribution in [1.82, 2.24) is 15.3 Å². The second kappa shape index (κ2) is 9.71. The minimum atomic E-state index is -1.57. The van der Waals surface area contributed by atoms with Crippen molar-refractivity contribution >= 4 is 22.6 Å². The summed E-state index contributed by atoms with van der Waals surface area (Å²) in [5.41, 5.74) is 0.565. The van der Waals surface area contributed by atoms with E-state index in [-0.39, 0.29) is 12.2 Å². The Bertz CT molecular complexity index is 1390. The predicted molar refractivity (Wildman–Crippen MR) is 125 cm³/mol. The van der Waals surface area contributed by atoms with E-state index < -0.39 is 34.5 Å².